The Hall–Kier alpha value is -2.76. The van der Waals surface area contributed by atoms with Crippen LogP contribution in [0.4, 0.5) is 13.6 Å². The van der Waals surface area contributed by atoms with Crippen molar-refractivity contribution in [3.8, 4) is 0 Å². The van der Waals surface area contributed by atoms with Crippen molar-refractivity contribution in [3.63, 3.8) is 0 Å². The summed E-state index contributed by atoms with van der Waals surface area (Å²) in [5, 5.41) is 4.64. The topological polar surface area (TPSA) is 58.2 Å². The Balaban J connectivity index is 2.23. The van der Waals surface area contributed by atoms with E-state index >= 15 is 0 Å². The molecule has 1 fully saturated rings. The van der Waals surface area contributed by atoms with Gasteiger partial charge in [0.15, 0.2) is 5.54 Å². The summed E-state index contributed by atoms with van der Waals surface area (Å²) in [4.78, 5) is 23.8. The maximum absolute atomic E-state index is 13.5. The van der Waals surface area contributed by atoms with E-state index in [1.165, 1.54) is 42.5 Å². The van der Waals surface area contributed by atoms with Crippen molar-refractivity contribution in [2.24, 2.45) is 0 Å². The maximum atomic E-state index is 13.5. The number of halogens is 2. The number of rotatable bonds is 2. The van der Waals surface area contributed by atoms with Gasteiger partial charge in [0.05, 0.1) is 0 Å². The second-order valence-electron chi connectivity index (χ2n) is 4.68. The van der Waals surface area contributed by atoms with Crippen LogP contribution < -0.4 is 10.6 Å². The van der Waals surface area contributed by atoms with Crippen LogP contribution in [0.15, 0.2) is 48.5 Å². The summed E-state index contributed by atoms with van der Waals surface area (Å²) < 4.78 is 26.6. The van der Waals surface area contributed by atoms with Gasteiger partial charge in [0.1, 0.15) is 11.6 Å². The standard InChI is InChI=1S/C15H10F2N2O2/c16-11-6-4-9(5-7-11)15(13(20)18-14(21)19-15)10-2-1-3-12(17)8-10/h1-8H,(H2,18,19,20,21)/t15-/m1/s1. The van der Waals surface area contributed by atoms with Crippen LogP contribution in [-0.2, 0) is 10.3 Å². The summed E-state index contributed by atoms with van der Waals surface area (Å²) in [6.07, 6.45) is 0. The summed E-state index contributed by atoms with van der Waals surface area (Å²) in [7, 11) is 0. The van der Waals surface area contributed by atoms with Gasteiger partial charge in [0.2, 0.25) is 0 Å². The van der Waals surface area contributed by atoms with Gasteiger partial charge in [-0.25, -0.2) is 13.6 Å². The first-order valence-corrected chi connectivity index (χ1v) is 6.18. The number of benzene rings is 2. The summed E-state index contributed by atoms with van der Waals surface area (Å²) in [5.74, 6) is -1.65. The normalized spacial score (nSPS) is 21.0. The van der Waals surface area contributed by atoms with E-state index in [0.717, 1.165) is 6.07 Å². The minimum absolute atomic E-state index is 0.262. The van der Waals surface area contributed by atoms with E-state index in [9.17, 15) is 18.4 Å². The van der Waals surface area contributed by atoms with Crippen LogP contribution in [0, 0.1) is 11.6 Å². The highest BCUT2D eigenvalue weighted by Crippen LogP contribution is 2.33. The largest absolute Gasteiger partial charge is 0.322 e. The Morgan fingerprint density at radius 2 is 1.57 bits per heavy atom. The zero-order chi connectivity index (χ0) is 15.0. The highest BCUT2D eigenvalue weighted by Gasteiger charge is 2.49. The SMILES string of the molecule is O=C1NC(=O)[C@@](c2ccc(F)cc2)(c2cccc(F)c2)N1. The van der Waals surface area contributed by atoms with Crippen molar-refractivity contribution < 1.29 is 18.4 Å². The molecule has 4 nitrogen and oxygen atoms in total. The molecule has 0 saturated carbocycles. The lowest BCUT2D eigenvalue weighted by Crippen LogP contribution is -2.44. The fourth-order valence-electron chi connectivity index (χ4n) is 2.45. The van der Waals surface area contributed by atoms with Crippen molar-refractivity contribution in [2.45, 2.75) is 5.54 Å². The Morgan fingerprint density at radius 1 is 0.857 bits per heavy atom. The Morgan fingerprint density at radius 3 is 2.14 bits per heavy atom. The third-order valence-corrected chi connectivity index (χ3v) is 3.40. The van der Waals surface area contributed by atoms with Crippen LogP contribution in [-0.4, -0.2) is 11.9 Å². The smallest absolute Gasteiger partial charge is 0.316 e. The van der Waals surface area contributed by atoms with Gasteiger partial charge in [-0.15, -0.1) is 0 Å². The molecule has 0 radical (unpaired) electrons. The minimum Gasteiger partial charge on any atom is -0.316 e. The molecule has 6 heteroatoms. The minimum atomic E-state index is -1.56. The summed E-state index contributed by atoms with van der Waals surface area (Å²) in [6.45, 7) is 0. The van der Waals surface area contributed by atoms with Gasteiger partial charge in [-0.3, -0.25) is 10.1 Å². The maximum Gasteiger partial charge on any atom is 0.322 e. The van der Waals surface area contributed by atoms with Gasteiger partial charge in [0, 0.05) is 0 Å². The molecule has 0 aliphatic carbocycles. The predicted octanol–water partition coefficient (Wildman–Crippen LogP) is 2.05. The first-order valence-electron chi connectivity index (χ1n) is 6.18. The molecule has 0 unspecified atom stereocenters. The first-order chi connectivity index (χ1) is 10.0. The lowest BCUT2D eigenvalue weighted by Gasteiger charge is -2.27. The molecule has 1 heterocycles. The lowest BCUT2D eigenvalue weighted by molar-refractivity contribution is -0.122. The van der Waals surface area contributed by atoms with Crippen LogP contribution >= 0.6 is 0 Å². The molecule has 0 aromatic heterocycles. The summed E-state index contributed by atoms with van der Waals surface area (Å²) in [6, 6.07) is 9.78. The van der Waals surface area contributed by atoms with Crippen molar-refractivity contribution in [1.29, 1.82) is 0 Å². The number of carbonyl (C=O) groups excluding carboxylic acids is 2. The van der Waals surface area contributed by atoms with E-state index < -0.39 is 29.1 Å². The molecule has 0 bridgehead atoms. The van der Waals surface area contributed by atoms with Crippen molar-refractivity contribution in [3.05, 3.63) is 71.3 Å². The molecule has 106 valence electrons. The Kier molecular flexibility index (Phi) is 2.94. The van der Waals surface area contributed by atoms with E-state index in [-0.39, 0.29) is 5.56 Å². The van der Waals surface area contributed by atoms with Gasteiger partial charge < -0.3 is 5.32 Å². The molecule has 1 aliphatic rings. The lowest BCUT2D eigenvalue weighted by atomic mass is 9.83. The number of carbonyl (C=O) groups is 2. The summed E-state index contributed by atoms with van der Waals surface area (Å²) in [5.41, 5.74) is -0.956. The zero-order valence-corrected chi connectivity index (χ0v) is 10.7. The number of urea groups is 1. The van der Waals surface area contributed by atoms with Crippen molar-refractivity contribution in [1.82, 2.24) is 10.6 Å². The van der Waals surface area contributed by atoms with Gasteiger partial charge in [-0.05, 0) is 35.4 Å². The first kappa shape index (κ1) is 13.2. The third-order valence-electron chi connectivity index (χ3n) is 3.40. The molecule has 0 spiro atoms. The number of hydrogen-bond acceptors (Lipinski definition) is 2. The third kappa shape index (κ3) is 2.05. The average molecular weight is 288 g/mol. The van der Waals surface area contributed by atoms with Gasteiger partial charge in [-0.1, -0.05) is 24.3 Å². The number of hydrogen-bond donors (Lipinski definition) is 2. The van der Waals surface area contributed by atoms with Crippen LogP contribution in [0.2, 0.25) is 0 Å². The Bertz CT molecular complexity index is 731. The number of imide groups is 1. The molecule has 2 aromatic rings. The molecule has 3 rings (SSSR count). The second-order valence-corrected chi connectivity index (χ2v) is 4.68. The number of amides is 3. The van der Waals surface area contributed by atoms with Gasteiger partial charge in [0.25, 0.3) is 5.91 Å². The molecular formula is C15H10F2N2O2. The Labute approximate surface area is 118 Å². The predicted molar refractivity (Wildman–Crippen MR) is 70.3 cm³/mol. The molecule has 3 amide bonds. The van der Waals surface area contributed by atoms with Crippen LogP contribution in [0.3, 0.4) is 0 Å². The molecule has 1 aliphatic heterocycles. The highest BCUT2D eigenvalue weighted by atomic mass is 19.1. The van der Waals surface area contributed by atoms with Crippen molar-refractivity contribution >= 4 is 11.9 Å². The molecule has 2 aromatic carbocycles. The second kappa shape index (κ2) is 4.66. The molecule has 1 saturated heterocycles. The van der Waals surface area contributed by atoms with Crippen molar-refractivity contribution in [2.75, 3.05) is 0 Å². The quantitative estimate of drug-likeness (QED) is 0.831. The fraction of sp³-hybridized carbons (Fsp3) is 0.0667. The monoisotopic (exact) mass is 288 g/mol. The van der Waals surface area contributed by atoms with E-state index in [2.05, 4.69) is 10.6 Å². The zero-order valence-electron chi connectivity index (χ0n) is 10.7. The van der Waals surface area contributed by atoms with Crippen LogP contribution in [0.5, 0.6) is 0 Å². The van der Waals surface area contributed by atoms with Crippen LogP contribution in [0.25, 0.3) is 0 Å². The van der Waals surface area contributed by atoms with E-state index in [1.54, 1.807) is 0 Å². The summed E-state index contributed by atoms with van der Waals surface area (Å²) >= 11 is 0. The molecule has 2 N–H and O–H groups in total. The average Bonchev–Trinajstić information content (AvgIpc) is 2.75. The van der Waals surface area contributed by atoms with Gasteiger partial charge in [-0.2, -0.15) is 0 Å². The fourth-order valence-corrected chi connectivity index (χ4v) is 2.45. The van der Waals surface area contributed by atoms with Gasteiger partial charge >= 0.3 is 6.03 Å². The number of nitrogens with one attached hydrogen (secondary N) is 2. The highest BCUT2D eigenvalue weighted by molar-refractivity contribution is 6.09. The van der Waals surface area contributed by atoms with E-state index in [0.29, 0.717) is 5.56 Å². The molecule has 21 heavy (non-hydrogen) atoms. The van der Waals surface area contributed by atoms with E-state index in [1.807, 2.05) is 0 Å². The molecule has 1 atom stereocenters. The molecular weight excluding hydrogens is 278 g/mol. The van der Waals surface area contributed by atoms with E-state index in [4.69, 9.17) is 0 Å². The van der Waals surface area contributed by atoms with Crippen LogP contribution in [0.1, 0.15) is 11.1 Å².